The van der Waals surface area contributed by atoms with Crippen LogP contribution in [0.3, 0.4) is 0 Å². The van der Waals surface area contributed by atoms with Crippen molar-refractivity contribution >= 4 is 11.9 Å². The van der Waals surface area contributed by atoms with E-state index in [1.165, 1.54) is 0 Å². The van der Waals surface area contributed by atoms with Crippen LogP contribution in [-0.4, -0.2) is 44.0 Å². The molecule has 3 N–H and O–H groups in total. The molecule has 0 atom stereocenters. The average molecular weight is 314 g/mol. The lowest BCUT2D eigenvalue weighted by Crippen LogP contribution is -2.27. The molecule has 0 radical (unpaired) electrons. The Bertz CT molecular complexity index is 717. The van der Waals surface area contributed by atoms with Gasteiger partial charge < -0.3 is 20.2 Å². The number of carboxylic acid groups (broad SMARTS) is 1. The van der Waals surface area contributed by atoms with Crippen molar-refractivity contribution in [2.24, 2.45) is 0 Å². The van der Waals surface area contributed by atoms with Gasteiger partial charge in [0, 0.05) is 31.5 Å². The van der Waals surface area contributed by atoms with Crippen LogP contribution in [0.2, 0.25) is 0 Å². The Hall–Kier alpha value is -3.36. The largest absolute Gasteiger partial charge is 0.465 e. The van der Waals surface area contributed by atoms with Crippen molar-refractivity contribution in [3.05, 3.63) is 42.9 Å². The molecular weight excluding hydrogens is 300 g/mol. The van der Waals surface area contributed by atoms with Gasteiger partial charge in [0.05, 0.1) is 6.26 Å². The first kappa shape index (κ1) is 14.6. The van der Waals surface area contributed by atoms with Crippen molar-refractivity contribution in [3.63, 3.8) is 0 Å². The van der Waals surface area contributed by atoms with Gasteiger partial charge in [-0.2, -0.15) is 5.10 Å². The van der Waals surface area contributed by atoms with E-state index in [9.17, 15) is 4.79 Å². The fourth-order valence-electron chi connectivity index (χ4n) is 1.92. The van der Waals surface area contributed by atoms with Crippen LogP contribution in [0.15, 0.2) is 47.3 Å². The van der Waals surface area contributed by atoms with E-state index in [1.54, 1.807) is 47.6 Å². The summed E-state index contributed by atoms with van der Waals surface area (Å²) in [5, 5.41) is 18.0. The van der Waals surface area contributed by atoms with Crippen molar-refractivity contribution < 1.29 is 14.3 Å². The van der Waals surface area contributed by atoms with E-state index < -0.39 is 6.09 Å². The molecule has 9 heteroatoms. The molecule has 118 valence electrons. The Kier molecular flexibility index (Phi) is 4.18. The predicted molar refractivity (Wildman–Crippen MR) is 81.4 cm³/mol. The molecule has 23 heavy (non-hydrogen) atoms. The number of nitrogens with zero attached hydrogens (tertiary/aromatic N) is 4. The van der Waals surface area contributed by atoms with Gasteiger partial charge in [-0.05, 0) is 18.2 Å². The minimum atomic E-state index is -1.07. The van der Waals surface area contributed by atoms with Crippen LogP contribution in [-0.2, 0) is 0 Å². The molecule has 3 aromatic heterocycles. The van der Waals surface area contributed by atoms with Gasteiger partial charge in [0.15, 0.2) is 17.4 Å². The molecule has 0 saturated heterocycles. The third kappa shape index (κ3) is 3.64. The lowest BCUT2D eigenvalue weighted by atomic mass is 10.4. The minimum Gasteiger partial charge on any atom is -0.465 e. The highest BCUT2D eigenvalue weighted by Gasteiger charge is 2.10. The standard InChI is InChI=1S/C14H14N6O3/c21-14(22)16-6-5-15-11-9-12(20-7-2-4-17-20)19-13(18-11)10-3-1-8-23-10/h1-4,7-9,16H,5-6H2,(H,21,22)(H,15,18,19). The molecule has 3 aromatic rings. The first-order valence-corrected chi connectivity index (χ1v) is 6.86. The van der Waals surface area contributed by atoms with E-state index in [4.69, 9.17) is 9.52 Å². The number of carbonyl (C=O) groups is 1. The second-order valence-electron chi connectivity index (χ2n) is 4.52. The summed E-state index contributed by atoms with van der Waals surface area (Å²) in [6.45, 7) is 0.645. The molecular formula is C14H14N6O3. The second kappa shape index (κ2) is 6.60. The number of hydrogen-bond acceptors (Lipinski definition) is 6. The fourth-order valence-corrected chi connectivity index (χ4v) is 1.92. The summed E-state index contributed by atoms with van der Waals surface area (Å²) in [7, 11) is 0. The van der Waals surface area contributed by atoms with E-state index >= 15 is 0 Å². The maximum Gasteiger partial charge on any atom is 0.404 e. The topological polar surface area (TPSA) is 118 Å². The SMILES string of the molecule is O=C(O)NCCNc1cc(-n2cccn2)nc(-c2ccco2)n1. The molecule has 0 aliphatic rings. The molecule has 0 bridgehead atoms. The van der Waals surface area contributed by atoms with Crippen molar-refractivity contribution in [2.45, 2.75) is 0 Å². The normalized spacial score (nSPS) is 10.4. The third-order valence-electron chi connectivity index (χ3n) is 2.90. The maximum absolute atomic E-state index is 10.4. The van der Waals surface area contributed by atoms with E-state index in [-0.39, 0.29) is 6.54 Å². The van der Waals surface area contributed by atoms with Gasteiger partial charge in [0.2, 0.25) is 0 Å². The van der Waals surface area contributed by atoms with Crippen LogP contribution in [0, 0.1) is 0 Å². The third-order valence-corrected chi connectivity index (χ3v) is 2.90. The number of hydrogen-bond donors (Lipinski definition) is 3. The van der Waals surface area contributed by atoms with Crippen LogP contribution in [0.1, 0.15) is 0 Å². The summed E-state index contributed by atoms with van der Waals surface area (Å²) in [6, 6.07) is 7.03. The molecule has 0 unspecified atom stereocenters. The van der Waals surface area contributed by atoms with Crippen molar-refractivity contribution in [2.75, 3.05) is 18.4 Å². The van der Waals surface area contributed by atoms with Crippen LogP contribution < -0.4 is 10.6 Å². The van der Waals surface area contributed by atoms with Crippen LogP contribution in [0.5, 0.6) is 0 Å². The monoisotopic (exact) mass is 314 g/mol. The van der Waals surface area contributed by atoms with E-state index in [0.717, 1.165) is 0 Å². The number of furan rings is 1. The lowest BCUT2D eigenvalue weighted by Gasteiger charge is -2.09. The van der Waals surface area contributed by atoms with E-state index in [0.29, 0.717) is 29.8 Å². The molecule has 0 aliphatic heterocycles. The summed E-state index contributed by atoms with van der Waals surface area (Å²) in [5.74, 6) is 2.07. The van der Waals surface area contributed by atoms with Crippen molar-refractivity contribution in [3.8, 4) is 17.4 Å². The van der Waals surface area contributed by atoms with Gasteiger partial charge in [-0.3, -0.25) is 0 Å². The van der Waals surface area contributed by atoms with Crippen LogP contribution in [0.25, 0.3) is 17.4 Å². The van der Waals surface area contributed by atoms with Crippen LogP contribution in [0.4, 0.5) is 10.6 Å². The number of aromatic nitrogens is 4. The number of anilines is 1. The van der Waals surface area contributed by atoms with Crippen molar-refractivity contribution in [1.82, 2.24) is 25.1 Å². The number of nitrogens with one attached hydrogen (secondary N) is 2. The molecule has 1 amide bonds. The van der Waals surface area contributed by atoms with Gasteiger partial charge in [-0.15, -0.1) is 0 Å². The van der Waals surface area contributed by atoms with Gasteiger partial charge in [-0.25, -0.2) is 19.4 Å². The number of rotatable bonds is 6. The smallest absolute Gasteiger partial charge is 0.404 e. The molecule has 0 saturated carbocycles. The molecule has 9 nitrogen and oxygen atoms in total. The minimum absolute atomic E-state index is 0.256. The summed E-state index contributed by atoms with van der Waals surface area (Å²) in [6.07, 6.45) is 3.90. The number of amides is 1. The Balaban J connectivity index is 1.84. The van der Waals surface area contributed by atoms with Gasteiger partial charge in [0.25, 0.3) is 0 Å². The molecule has 3 rings (SSSR count). The molecule has 0 aliphatic carbocycles. The Labute approximate surface area is 131 Å². The zero-order valence-corrected chi connectivity index (χ0v) is 12.0. The predicted octanol–water partition coefficient (Wildman–Crippen LogP) is 1.60. The van der Waals surface area contributed by atoms with Crippen LogP contribution >= 0.6 is 0 Å². The molecule has 0 aromatic carbocycles. The van der Waals surface area contributed by atoms with E-state index in [2.05, 4.69) is 25.7 Å². The summed E-state index contributed by atoms with van der Waals surface area (Å²) >= 11 is 0. The quantitative estimate of drug-likeness (QED) is 0.591. The second-order valence-corrected chi connectivity index (χ2v) is 4.52. The fraction of sp³-hybridized carbons (Fsp3) is 0.143. The Morgan fingerprint density at radius 2 is 2.22 bits per heavy atom. The van der Waals surface area contributed by atoms with Crippen molar-refractivity contribution in [1.29, 1.82) is 0 Å². The zero-order valence-electron chi connectivity index (χ0n) is 12.0. The van der Waals surface area contributed by atoms with Gasteiger partial charge in [0.1, 0.15) is 5.82 Å². The van der Waals surface area contributed by atoms with E-state index in [1.807, 2.05) is 0 Å². The Morgan fingerprint density at radius 1 is 1.30 bits per heavy atom. The van der Waals surface area contributed by atoms with Gasteiger partial charge >= 0.3 is 6.09 Å². The first-order valence-electron chi connectivity index (χ1n) is 6.86. The highest BCUT2D eigenvalue weighted by Crippen LogP contribution is 2.19. The first-order chi connectivity index (χ1) is 11.2. The highest BCUT2D eigenvalue weighted by atomic mass is 16.4. The lowest BCUT2D eigenvalue weighted by molar-refractivity contribution is 0.195. The average Bonchev–Trinajstić information content (AvgIpc) is 3.23. The molecule has 3 heterocycles. The zero-order chi connectivity index (χ0) is 16.1. The molecule has 0 spiro atoms. The Morgan fingerprint density at radius 3 is 2.91 bits per heavy atom. The summed E-state index contributed by atoms with van der Waals surface area (Å²) < 4.78 is 6.94. The maximum atomic E-state index is 10.4. The van der Waals surface area contributed by atoms with Gasteiger partial charge in [-0.1, -0.05) is 0 Å². The highest BCUT2D eigenvalue weighted by molar-refractivity contribution is 5.64. The molecule has 0 fully saturated rings. The summed E-state index contributed by atoms with van der Waals surface area (Å²) in [4.78, 5) is 19.2. The summed E-state index contributed by atoms with van der Waals surface area (Å²) in [5.41, 5.74) is 0.